The van der Waals surface area contributed by atoms with Gasteiger partial charge in [-0.05, 0) is 47.7 Å². The molecule has 7 nitrogen and oxygen atoms in total. The molecule has 1 aromatic carbocycles. The number of pyridine rings is 1. The third kappa shape index (κ3) is 4.34. The van der Waals surface area contributed by atoms with Crippen LogP contribution in [0.3, 0.4) is 0 Å². The molecule has 27 heavy (non-hydrogen) atoms. The van der Waals surface area contributed by atoms with Crippen molar-refractivity contribution in [1.29, 1.82) is 0 Å². The molecule has 3 N–H and O–H groups in total. The molecule has 0 aliphatic carbocycles. The fourth-order valence-electron chi connectivity index (χ4n) is 2.26. The third-order valence-corrected chi connectivity index (χ3v) is 4.11. The molecule has 3 aromatic rings. The first-order chi connectivity index (χ1) is 12.9. The first kappa shape index (κ1) is 19.5. The predicted molar refractivity (Wildman–Crippen MR) is 101 cm³/mol. The number of hydrogen-bond acceptors (Lipinski definition) is 6. The van der Waals surface area contributed by atoms with Crippen LogP contribution in [0.15, 0.2) is 35.0 Å². The number of aromatic nitrogens is 1. The summed E-state index contributed by atoms with van der Waals surface area (Å²) < 4.78 is 34.2. The Morgan fingerprint density at radius 2 is 2.15 bits per heavy atom. The van der Waals surface area contributed by atoms with Crippen molar-refractivity contribution in [3.63, 3.8) is 0 Å². The second kappa shape index (κ2) is 8.15. The standard InChI is InChI=1S/C17H14F2IN3O4/c1-8(24)7-26-23-17(25)16-14(10-5-21-6-12(19)15(10)27-16)22-13-3-2-9(20)4-11(13)18/h2-6,8,22,24H,7H2,1H3,(H,23,25)/t8-/m0/s1. The van der Waals surface area contributed by atoms with Crippen LogP contribution in [0.2, 0.25) is 0 Å². The number of nitrogens with one attached hydrogen (secondary N) is 2. The Morgan fingerprint density at radius 3 is 2.85 bits per heavy atom. The summed E-state index contributed by atoms with van der Waals surface area (Å²) in [6.07, 6.45) is 1.43. The van der Waals surface area contributed by atoms with Gasteiger partial charge in [-0.25, -0.2) is 14.3 Å². The van der Waals surface area contributed by atoms with Gasteiger partial charge in [0.1, 0.15) is 18.1 Å². The van der Waals surface area contributed by atoms with E-state index in [9.17, 15) is 18.7 Å². The van der Waals surface area contributed by atoms with Gasteiger partial charge in [0, 0.05) is 9.77 Å². The number of amides is 1. The van der Waals surface area contributed by atoms with Crippen LogP contribution >= 0.6 is 22.6 Å². The Hall–Kier alpha value is -2.31. The number of fused-ring (bicyclic) bond motifs is 1. The van der Waals surface area contributed by atoms with Crippen LogP contribution in [0.25, 0.3) is 11.0 Å². The van der Waals surface area contributed by atoms with Crippen LogP contribution in [-0.2, 0) is 4.84 Å². The van der Waals surface area contributed by atoms with Crippen molar-refractivity contribution in [2.45, 2.75) is 13.0 Å². The summed E-state index contributed by atoms with van der Waals surface area (Å²) in [6, 6.07) is 4.45. The highest BCUT2D eigenvalue weighted by atomic mass is 127. The van der Waals surface area contributed by atoms with E-state index in [0.717, 1.165) is 6.20 Å². The first-order valence-corrected chi connectivity index (χ1v) is 8.83. The maximum atomic E-state index is 14.2. The van der Waals surface area contributed by atoms with Crippen molar-refractivity contribution >= 4 is 50.8 Å². The van der Waals surface area contributed by atoms with Gasteiger partial charge in [0.25, 0.3) is 0 Å². The Kier molecular flexibility index (Phi) is 5.87. The van der Waals surface area contributed by atoms with Crippen molar-refractivity contribution in [3.8, 4) is 0 Å². The summed E-state index contributed by atoms with van der Waals surface area (Å²) in [5.41, 5.74) is 1.99. The van der Waals surface area contributed by atoms with Gasteiger partial charge in [-0.3, -0.25) is 14.6 Å². The predicted octanol–water partition coefficient (Wildman–Crippen LogP) is 3.50. The van der Waals surface area contributed by atoms with E-state index in [0.29, 0.717) is 3.57 Å². The van der Waals surface area contributed by atoms with Crippen molar-refractivity contribution in [3.05, 3.63) is 51.6 Å². The smallest absolute Gasteiger partial charge is 0.312 e. The molecule has 1 amide bonds. The van der Waals surface area contributed by atoms with Crippen LogP contribution in [0.4, 0.5) is 20.2 Å². The van der Waals surface area contributed by atoms with E-state index in [-0.39, 0.29) is 34.7 Å². The summed E-state index contributed by atoms with van der Waals surface area (Å²) in [5, 5.41) is 12.1. The number of hydroxylamine groups is 1. The average molecular weight is 489 g/mol. The zero-order valence-electron chi connectivity index (χ0n) is 13.9. The molecule has 2 aromatic heterocycles. The molecular formula is C17H14F2IN3O4. The molecule has 0 saturated heterocycles. The Balaban J connectivity index is 2.00. The molecule has 0 saturated carbocycles. The summed E-state index contributed by atoms with van der Waals surface area (Å²) in [6.45, 7) is 1.32. The molecule has 0 unspecified atom stereocenters. The highest BCUT2D eigenvalue weighted by molar-refractivity contribution is 14.1. The number of anilines is 2. The van der Waals surface area contributed by atoms with E-state index < -0.39 is 23.6 Å². The maximum absolute atomic E-state index is 14.2. The molecule has 0 fully saturated rings. The third-order valence-electron chi connectivity index (χ3n) is 3.44. The minimum absolute atomic E-state index is 0.0373. The van der Waals surface area contributed by atoms with Crippen LogP contribution in [0.5, 0.6) is 0 Å². The zero-order chi connectivity index (χ0) is 19.6. The zero-order valence-corrected chi connectivity index (χ0v) is 16.1. The van der Waals surface area contributed by atoms with E-state index in [1.54, 1.807) is 6.07 Å². The number of carbonyl (C=O) groups is 1. The summed E-state index contributed by atoms with van der Waals surface area (Å²) in [7, 11) is 0. The van der Waals surface area contributed by atoms with Gasteiger partial charge in [0.05, 0.1) is 23.4 Å². The highest BCUT2D eigenvalue weighted by Crippen LogP contribution is 2.34. The molecule has 10 heteroatoms. The van der Waals surface area contributed by atoms with Crippen LogP contribution in [-0.4, -0.2) is 28.7 Å². The topological polar surface area (TPSA) is 96.6 Å². The minimum Gasteiger partial charge on any atom is -0.445 e. The lowest BCUT2D eigenvalue weighted by Gasteiger charge is -2.10. The number of nitrogens with zero attached hydrogens (tertiary/aromatic N) is 1. The summed E-state index contributed by atoms with van der Waals surface area (Å²) in [5.74, 6) is -2.49. The lowest BCUT2D eigenvalue weighted by Crippen LogP contribution is -2.27. The molecule has 0 radical (unpaired) electrons. The van der Waals surface area contributed by atoms with E-state index in [1.807, 2.05) is 22.6 Å². The first-order valence-electron chi connectivity index (χ1n) is 7.75. The summed E-state index contributed by atoms with van der Waals surface area (Å²) in [4.78, 5) is 21.0. The fraction of sp³-hybridized carbons (Fsp3) is 0.176. The van der Waals surface area contributed by atoms with Gasteiger partial charge >= 0.3 is 5.91 Å². The Morgan fingerprint density at radius 1 is 1.37 bits per heavy atom. The number of aliphatic hydroxyl groups excluding tert-OH is 1. The fourth-order valence-corrected chi connectivity index (χ4v) is 2.72. The maximum Gasteiger partial charge on any atom is 0.312 e. The van der Waals surface area contributed by atoms with Gasteiger partial charge in [-0.2, -0.15) is 0 Å². The number of hydrogen-bond donors (Lipinski definition) is 3. The number of aliphatic hydroxyl groups is 1. The van der Waals surface area contributed by atoms with Gasteiger partial charge in [0.2, 0.25) is 5.76 Å². The monoisotopic (exact) mass is 489 g/mol. The van der Waals surface area contributed by atoms with Crippen LogP contribution < -0.4 is 10.8 Å². The molecule has 0 spiro atoms. The molecule has 142 valence electrons. The van der Waals surface area contributed by atoms with Gasteiger partial charge < -0.3 is 14.8 Å². The molecule has 2 heterocycles. The van der Waals surface area contributed by atoms with E-state index in [4.69, 9.17) is 9.25 Å². The van der Waals surface area contributed by atoms with Crippen molar-refractivity contribution in [2.75, 3.05) is 11.9 Å². The summed E-state index contributed by atoms with van der Waals surface area (Å²) >= 11 is 1.96. The molecular weight excluding hydrogens is 475 g/mol. The second-order valence-corrected chi connectivity index (χ2v) is 6.89. The Bertz CT molecular complexity index is 994. The Labute approximate surface area is 165 Å². The van der Waals surface area contributed by atoms with E-state index in [2.05, 4.69) is 15.8 Å². The molecule has 3 rings (SSSR count). The van der Waals surface area contributed by atoms with Gasteiger partial charge in [-0.1, -0.05) is 0 Å². The lowest BCUT2D eigenvalue weighted by atomic mass is 10.2. The number of furan rings is 1. The van der Waals surface area contributed by atoms with Crippen molar-refractivity contribution in [1.82, 2.24) is 10.5 Å². The highest BCUT2D eigenvalue weighted by Gasteiger charge is 2.24. The van der Waals surface area contributed by atoms with Gasteiger partial charge in [0.15, 0.2) is 11.4 Å². The molecule has 0 aliphatic rings. The second-order valence-electron chi connectivity index (χ2n) is 5.64. The van der Waals surface area contributed by atoms with Crippen LogP contribution in [0, 0.1) is 15.2 Å². The molecule has 1 atom stereocenters. The quantitative estimate of drug-likeness (QED) is 0.363. The number of rotatable bonds is 6. The van der Waals surface area contributed by atoms with Crippen molar-refractivity contribution in [2.24, 2.45) is 0 Å². The lowest BCUT2D eigenvalue weighted by molar-refractivity contribution is -0.00800. The molecule has 0 bridgehead atoms. The number of halogens is 3. The normalized spacial score (nSPS) is 12.2. The van der Waals surface area contributed by atoms with Crippen molar-refractivity contribution < 1.29 is 27.9 Å². The van der Waals surface area contributed by atoms with E-state index in [1.165, 1.54) is 25.3 Å². The SMILES string of the molecule is C[C@H](O)CONC(=O)c1oc2c(F)cncc2c1Nc1ccc(I)cc1F. The number of benzene rings is 1. The minimum atomic E-state index is -0.834. The number of carbonyl (C=O) groups excluding carboxylic acids is 1. The van der Waals surface area contributed by atoms with Crippen LogP contribution in [0.1, 0.15) is 17.5 Å². The molecule has 0 aliphatic heterocycles. The largest absolute Gasteiger partial charge is 0.445 e. The van der Waals surface area contributed by atoms with E-state index >= 15 is 0 Å². The van der Waals surface area contributed by atoms with Gasteiger partial charge in [-0.15, -0.1) is 0 Å². The average Bonchev–Trinajstić information content (AvgIpc) is 2.97.